The van der Waals surface area contributed by atoms with Crippen molar-refractivity contribution in [3.8, 4) is 0 Å². The summed E-state index contributed by atoms with van der Waals surface area (Å²) in [4.78, 5) is 6.81. The van der Waals surface area contributed by atoms with Crippen molar-refractivity contribution in [1.82, 2.24) is 9.80 Å². The SMILES string of the molecule is C1CCC(P(C2CCCCC2)C2CCCCC2)CC1.C=CCN1CCCN(CC=C)[C]1=[Ru+2]=[CH]OCC.[Cl-].[Cl-]. The Morgan fingerprint density at radius 3 is 1.45 bits per heavy atom. The van der Waals surface area contributed by atoms with Crippen molar-refractivity contribution in [2.75, 3.05) is 32.8 Å². The third-order valence-electron chi connectivity index (χ3n) is 8.41. The molecule has 3 saturated carbocycles. The maximum absolute atomic E-state index is 5.38. The van der Waals surface area contributed by atoms with E-state index in [0.717, 1.165) is 32.8 Å². The van der Waals surface area contributed by atoms with Crippen LogP contribution in [0.3, 0.4) is 0 Å². The topological polar surface area (TPSA) is 15.7 Å². The van der Waals surface area contributed by atoms with E-state index in [1.807, 2.05) is 23.9 Å². The Hall–Kier alpha value is 0.733. The van der Waals surface area contributed by atoms with Crippen LogP contribution in [0.25, 0.3) is 0 Å². The fourth-order valence-electron chi connectivity index (χ4n) is 6.76. The minimum Gasteiger partial charge on any atom is -1.00 e. The quantitative estimate of drug-likeness (QED) is 0.211. The van der Waals surface area contributed by atoms with Gasteiger partial charge in [0.1, 0.15) is 0 Å². The Kier molecular flexibility index (Phi) is 21.6. The molecule has 4 aliphatic rings. The molecule has 1 aliphatic heterocycles. The van der Waals surface area contributed by atoms with Crippen molar-refractivity contribution in [3.63, 3.8) is 0 Å². The zero-order valence-corrected chi connectivity index (χ0v) is 28.2. The first-order valence-electron chi connectivity index (χ1n) is 15.2. The van der Waals surface area contributed by atoms with Crippen LogP contribution in [0.15, 0.2) is 25.3 Å². The van der Waals surface area contributed by atoms with E-state index in [1.54, 1.807) is 77.0 Å². The predicted octanol–water partition coefficient (Wildman–Crippen LogP) is 1.81. The van der Waals surface area contributed by atoms with E-state index >= 15 is 0 Å². The first-order valence-corrected chi connectivity index (χ1v) is 18.6. The van der Waals surface area contributed by atoms with Crippen molar-refractivity contribution in [2.45, 2.75) is 127 Å². The minimum absolute atomic E-state index is 0. The Labute approximate surface area is 256 Å². The molecule has 0 aromatic rings. The summed E-state index contributed by atoms with van der Waals surface area (Å²) in [5.41, 5.74) is 3.57. The van der Waals surface area contributed by atoms with Gasteiger partial charge >= 0.3 is 111 Å². The van der Waals surface area contributed by atoms with Crippen LogP contribution >= 0.6 is 7.92 Å². The van der Waals surface area contributed by atoms with Crippen LogP contribution in [0.1, 0.15) is 110 Å². The molecule has 0 radical (unpaired) electrons. The third kappa shape index (κ3) is 12.3. The van der Waals surface area contributed by atoms with Gasteiger partial charge in [0.05, 0.1) is 0 Å². The largest absolute Gasteiger partial charge is 1.00 e. The normalized spacial score (nSPS) is 22.4. The molecule has 7 heteroatoms. The second-order valence-corrected chi connectivity index (χ2v) is 15.8. The predicted molar refractivity (Wildman–Crippen MR) is 158 cm³/mol. The second kappa shape index (κ2) is 22.3. The zero-order valence-electron chi connectivity index (χ0n) is 24.1. The van der Waals surface area contributed by atoms with E-state index in [0.29, 0.717) is 7.92 Å². The number of hydrogen-bond donors (Lipinski definition) is 0. The maximum Gasteiger partial charge on any atom is -1.00 e. The van der Waals surface area contributed by atoms with Gasteiger partial charge in [0, 0.05) is 0 Å². The molecule has 4 fully saturated rings. The monoisotopic (exact) mass is 674 g/mol. The number of nitrogens with zero attached hydrogens (tertiary/aromatic N) is 2. The van der Waals surface area contributed by atoms with E-state index in [4.69, 9.17) is 4.74 Å². The Balaban J connectivity index is 0.000000364. The fraction of sp³-hybridized carbons (Fsp3) is 0.806. The summed E-state index contributed by atoms with van der Waals surface area (Å²) in [7, 11) is 0.385. The number of rotatable bonds is 9. The molecule has 38 heavy (non-hydrogen) atoms. The van der Waals surface area contributed by atoms with Gasteiger partial charge in [-0.2, -0.15) is 0 Å². The van der Waals surface area contributed by atoms with Crippen LogP contribution < -0.4 is 24.8 Å². The van der Waals surface area contributed by atoms with Gasteiger partial charge in [-0.3, -0.25) is 0 Å². The van der Waals surface area contributed by atoms with Gasteiger partial charge in [-0.25, -0.2) is 0 Å². The summed E-state index contributed by atoms with van der Waals surface area (Å²) in [5, 5.41) is 0. The van der Waals surface area contributed by atoms with Gasteiger partial charge in [-0.15, -0.1) is 0 Å². The van der Waals surface area contributed by atoms with Crippen LogP contribution in [0.2, 0.25) is 0 Å². The molecule has 0 bridgehead atoms. The molecule has 0 atom stereocenters. The smallest absolute Gasteiger partial charge is 1.00 e. The average Bonchev–Trinajstić information content (AvgIpc) is 2.93. The van der Waals surface area contributed by atoms with Gasteiger partial charge in [-0.05, 0) is 55.5 Å². The number of ether oxygens (including phenoxy) is 1. The maximum atomic E-state index is 5.38. The minimum atomic E-state index is 0. The molecule has 0 aromatic heterocycles. The summed E-state index contributed by atoms with van der Waals surface area (Å²) in [6.07, 6.45) is 28.8. The van der Waals surface area contributed by atoms with Gasteiger partial charge in [-0.1, -0.05) is 65.7 Å². The van der Waals surface area contributed by atoms with Gasteiger partial charge in [0.25, 0.3) is 0 Å². The van der Waals surface area contributed by atoms with E-state index < -0.39 is 0 Å². The van der Waals surface area contributed by atoms with Crippen LogP contribution in [0, 0.1) is 0 Å². The van der Waals surface area contributed by atoms with E-state index in [9.17, 15) is 0 Å². The third-order valence-corrected chi connectivity index (χ3v) is 14.5. The molecule has 1 heterocycles. The van der Waals surface area contributed by atoms with Gasteiger partial charge in [0.2, 0.25) is 0 Å². The van der Waals surface area contributed by atoms with E-state index in [-0.39, 0.29) is 41.0 Å². The molecule has 3 aliphatic carbocycles. The van der Waals surface area contributed by atoms with Crippen LogP contribution in [0.5, 0.6) is 0 Å². The standard InChI is InChI=1S/C18H33P.C10H16N2.C3H6O.2ClH.Ru/c1-4-10-16(11-5-1)19(17-12-6-2-7-13-17)18-14-8-3-9-15-18;1-3-6-11-8-5-9-12(10-11)7-4-2;1-3-4-2;;;/h16-18H,1-15H2;3-4H,1-2,5-9H2;2H,3H2,1H3;2*1H;/q;;;;;+2/p-2. The Morgan fingerprint density at radius 2 is 1.11 bits per heavy atom. The molecule has 4 rings (SSSR count). The summed E-state index contributed by atoms with van der Waals surface area (Å²) >= 11 is 0.00657. The first-order chi connectivity index (χ1) is 17.8. The fourth-order valence-corrected chi connectivity index (χ4v) is 13.4. The van der Waals surface area contributed by atoms with Crippen LogP contribution in [0.4, 0.5) is 0 Å². The molecule has 0 amide bonds. The summed E-state index contributed by atoms with van der Waals surface area (Å²) in [6, 6.07) is 0. The molecular formula is C31H55Cl2N2OPRu. The molecule has 3 nitrogen and oxygen atoms in total. The molecule has 0 spiro atoms. The number of hydrogen-bond acceptors (Lipinski definition) is 3. The van der Waals surface area contributed by atoms with Gasteiger partial charge < -0.3 is 24.8 Å². The van der Waals surface area contributed by atoms with Crippen LogP contribution in [-0.2, 0) is 21.0 Å². The van der Waals surface area contributed by atoms with Crippen molar-refractivity contribution in [3.05, 3.63) is 25.3 Å². The molecule has 0 unspecified atom stereocenters. The molecule has 0 N–H and O–H groups in total. The summed E-state index contributed by atoms with van der Waals surface area (Å²) in [5.74, 6) is 0. The zero-order chi connectivity index (χ0) is 25.4. The van der Waals surface area contributed by atoms with Crippen LogP contribution in [-0.4, -0.2) is 68.7 Å². The summed E-state index contributed by atoms with van der Waals surface area (Å²) in [6.45, 7) is 14.6. The van der Waals surface area contributed by atoms with Crippen molar-refractivity contribution < 1.29 is 45.8 Å². The van der Waals surface area contributed by atoms with E-state index in [1.165, 1.54) is 47.0 Å². The summed E-state index contributed by atoms with van der Waals surface area (Å²) < 4.78 is 6.79. The van der Waals surface area contributed by atoms with Crippen molar-refractivity contribution in [2.24, 2.45) is 0 Å². The molecular weight excluding hydrogens is 619 g/mol. The van der Waals surface area contributed by atoms with E-state index in [2.05, 4.69) is 23.0 Å². The van der Waals surface area contributed by atoms with Crippen molar-refractivity contribution in [1.29, 1.82) is 0 Å². The molecule has 222 valence electrons. The Bertz CT molecular complexity index is 637. The Morgan fingerprint density at radius 1 is 0.711 bits per heavy atom. The molecule has 0 aromatic carbocycles. The number of halogens is 2. The second-order valence-electron chi connectivity index (χ2n) is 11.0. The average molecular weight is 675 g/mol. The first kappa shape index (κ1) is 36.8. The molecule has 1 saturated heterocycles. The van der Waals surface area contributed by atoms with Crippen molar-refractivity contribution >= 4 is 17.1 Å². The van der Waals surface area contributed by atoms with Gasteiger partial charge in [0.15, 0.2) is 0 Å².